The summed E-state index contributed by atoms with van der Waals surface area (Å²) in [7, 11) is 0. The van der Waals surface area contributed by atoms with Gasteiger partial charge in [-0.15, -0.1) is 0 Å². The highest BCUT2D eigenvalue weighted by molar-refractivity contribution is 5.85. The molecule has 6 heteroatoms. The van der Waals surface area contributed by atoms with Gasteiger partial charge in [0, 0.05) is 25.4 Å². The molecule has 0 N–H and O–H groups in total. The lowest BCUT2D eigenvalue weighted by Crippen LogP contribution is -2.48. The van der Waals surface area contributed by atoms with E-state index in [1.807, 2.05) is 0 Å². The van der Waals surface area contributed by atoms with Gasteiger partial charge in [0.25, 0.3) is 0 Å². The van der Waals surface area contributed by atoms with Crippen LogP contribution in [0.5, 0.6) is 0 Å². The summed E-state index contributed by atoms with van der Waals surface area (Å²) in [5, 5.41) is 0. The molecule has 0 amide bonds. The maximum Gasteiger partial charge on any atom is 0.416 e. The zero-order valence-corrected chi connectivity index (χ0v) is 17.1. The van der Waals surface area contributed by atoms with Gasteiger partial charge in [-0.05, 0) is 69.1 Å². The maximum absolute atomic E-state index is 13.0. The number of hydrogen-bond acceptors (Lipinski definition) is 3. The minimum absolute atomic E-state index is 0.122. The van der Waals surface area contributed by atoms with Crippen LogP contribution in [0.15, 0.2) is 29.3 Å². The number of aliphatic imine (C=N–C) groups is 1. The Balaban J connectivity index is 1.46. The number of amidine groups is 1. The summed E-state index contributed by atoms with van der Waals surface area (Å²) < 4.78 is 45.0. The summed E-state index contributed by atoms with van der Waals surface area (Å²) >= 11 is 0. The molecule has 1 aromatic rings. The molecule has 0 aromatic heterocycles. The molecule has 5 rings (SSSR count). The largest absolute Gasteiger partial charge is 0.416 e. The van der Waals surface area contributed by atoms with Crippen molar-refractivity contribution in [2.75, 3.05) is 13.1 Å². The summed E-state index contributed by atoms with van der Waals surface area (Å²) in [5.74, 6) is 2.55. The molecule has 2 saturated carbocycles. The summed E-state index contributed by atoms with van der Waals surface area (Å²) in [6.07, 6.45) is 1.65. The first-order valence-electron chi connectivity index (χ1n) is 10.9. The van der Waals surface area contributed by atoms with Crippen molar-refractivity contribution in [2.24, 2.45) is 16.8 Å². The summed E-state index contributed by atoms with van der Waals surface area (Å²) in [4.78, 5) is 7.78. The lowest BCUT2D eigenvalue weighted by molar-refractivity contribution is -0.137. The second kappa shape index (κ2) is 6.73. The molecule has 1 spiro atoms. The van der Waals surface area contributed by atoms with Gasteiger partial charge in [0.2, 0.25) is 0 Å². The zero-order valence-electron chi connectivity index (χ0n) is 17.1. The number of benzene rings is 1. The molecule has 2 aliphatic heterocycles. The van der Waals surface area contributed by atoms with Crippen LogP contribution < -0.4 is 0 Å². The topological polar surface area (TPSA) is 24.8 Å². The highest BCUT2D eigenvalue weighted by Crippen LogP contribution is 2.63. The van der Waals surface area contributed by atoms with Crippen molar-refractivity contribution in [2.45, 2.75) is 75.8 Å². The van der Waals surface area contributed by atoms with Crippen LogP contribution in [0, 0.1) is 11.8 Å². The second-order valence-corrected chi connectivity index (χ2v) is 9.55. The van der Waals surface area contributed by atoms with Crippen LogP contribution in [0.1, 0.15) is 63.0 Å². The maximum atomic E-state index is 13.0. The minimum atomic E-state index is -4.28. The Hall–Kier alpha value is -1.56. The van der Waals surface area contributed by atoms with Crippen molar-refractivity contribution in [1.29, 1.82) is 0 Å². The third-order valence-corrected chi connectivity index (χ3v) is 7.66. The molecule has 1 aromatic carbocycles. The van der Waals surface area contributed by atoms with Crippen molar-refractivity contribution in [3.8, 4) is 0 Å². The molecule has 2 bridgehead atoms. The first-order chi connectivity index (χ1) is 13.8. The van der Waals surface area contributed by atoms with Gasteiger partial charge in [0.1, 0.15) is 0 Å². The van der Waals surface area contributed by atoms with Crippen molar-refractivity contribution < 1.29 is 17.9 Å². The van der Waals surface area contributed by atoms with Crippen LogP contribution in [0.3, 0.4) is 0 Å². The molecule has 6 atom stereocenters. The smallest absolute Gasteiger partial charge is 0.372 e. The van der Waals surface area contributed by atoms with Crippen LogP contribution in [-0.4, -0.2) is 41.6 Å². The first kappa shape index (κ1) is 19.4. The van der Waals surface area contributed by atoms with E-state index in [9.17, 15) is 13.2 Å². The Bertz CT molecular complexity index is 795. The molecule has 6 unspecified atom stereocenters. The Morgan fingerprint density at radius 1 is 1.07 bits per heavy atom. The number of alkyl halides is 3. The van der Waals surface area contributed by atoms with Gasteiger partial charge >= 0.3 is 6.18 Å². The van der Waals surface area contributed by atoms with Crippen molar-refractivity contribution in [1.82, 2.24) is 4.90 Å². The quantitative estimate of drug-likeness (QED) is 0.636. The molecule has 0 radical (unpaired) electrons. The molecular formula is C23H29F3N2O. The number of ether oxygens (including phenoxy) is 1. The van der Waals surface area contributed by atoms with E-state index >= 15 is 0 Å². The van der Waals surface area contributed by atoms with E-state index in [1.165, 1.54) is 37.2 Å². The van der Waals surface area contributed by atoms with Crippen LogP contribution in [-0.2, 0) is 10.9 Å². The van der Waals surface area contributed by atoms with Gasteiger partial charge in [-0.25, -0.2) is 0 Å². The Morgan fingerprint density at radius 2 is 1.76 bits per heavy atom. The lowest BCUT2D eigenvalue weighted by atomic mass is 9.69. The second-order valence-electron chi connectivity index (χ2n) is 9.55. The van der Waals surface area contributed by atoms with Crippen LogP contribution in [0.25, 0.3) is 0 Å². The Labute approximate surface area is 170 Å². The summed E-state index contributed by atoms with van der Waals surface area (Å²) in [5.41, 5.74) is 0.354. The van der Waals surface area contributed by atoms with Gasteiger partial charge in [-0.2, -0.15) is 13.2 Å². The van der Waals surface area contributed by atoms with Crippen molar-refractivity contribution in [3.63, 3.8) is 0 Å². The summed E-state index contributed by atoms with van der Waals surface area (Å²) in [6, 6.07) is 5.92. The highest BCUT2D eigenvalue weighted by Gasteiger charge is 2.60. The molecular weight excluding hydrogens is 377 g/mol. The Kier molecular flexibility index (Phi) is 4.50. The van der Waals surface area contributed by atoms with E-state index in [1.54, 1.807) is 12.1 Å². The average Bonchev–Trinajstić information content (AvgIpc) is 3.36. The predicted octanol–water partition coefficient (Wildman–Crippen LogP) is 5.26. The predicted molar refractivity (Wildman–Crippen MR) is 106 cm³/mol. The van der Waals surface area contributed by atoms with E-state index < -0.39 is 11.7 Å². The van der Waals surface area contributed by atoms with E-state index in [-0.39, 0.29) is 23.7 Å². The van der Waals surface area contributed by atoms with Gasteiger partial charge in [0.05, 0.1) is 29.1 Å². The van der Waals surface area contributed by atoms with Crippen molar-refractivity contribution in [3.05, 3.63) is 35.4 Å². The molecule has 4 aliphatic rings. The van der Waals surface area contributed by atoms with Gasteiger partial charge in [-0.3, -0.25) is 4.99 Å². The number of fused-ring (bicyclic) bond motifs is 3. The normalized spacial score (nSPS) is 39.4. The molecule has 1 saturated heterocycles. The fraction of sp³-hybridized carbons (Fsp3) is 0.696. The fourth-order valence-corrected chi connectivity index (χ4v) is 6.68. The molecule has 3 fully saturated rings. The van der Waals surface area contributed by atoms with Crippen LogP contribution in [0.4, 0.5) is 13.2 Å². The van der Waals surface area contributed by atoms with Crippen molar-refractivity contribution >= 4 is 5.84 Å². The fourth-order valence-electron chi connectivity index (χ4n) is 6.68. The van der Waals surface area contributed by atoms with Crippen LogP contribution in [0.2, 0.25) is 0 Å². The molecule has 2 heterocycles. The highest BCUT2D eigenvalue weighted by atomic mass is 19.4. The number of halogens is 3. The zero-order chi connectivity index (χ0) is 20.4. The lowest BCUT2D eigenvalue weighted by Gasteiger charge is -2.40. The van der Waals surface area contributed by atoms with E-state index in [2.05, 4.69) is 18.7 Å². The number of hydrogen-bond donors (Lipinski definition) is 0. The van der Waals surface area contributed by atoms with E-state index in [0.29, 0.717) is 11.8 Å². The SMILES string of the molecule is CC1CN(C2=NC3(CC2)C2CCC(C2)C3c2ccc(C(F)(F)F)cc2)CC(C)O1. The number of nitrogens with zero attached hydrogens (tertiary/aromatic N) is 2. The van der Waals surface area contributed by atoms with E-state index in [0.717, 1.165) is 31.5 Å². The average molecular weight is 406 g/mol. The molecule has 29 heavy (non-hydrogen) atoms. The monoisotopic (exact) mass is 406 g/mol. The molecule has 2 aliphatic carbocycles. The third kappa shape index (κ3) is 3.18. The van der Waals surface area contributed by atoms with Crippen LogP contribution >= 0.6 is 0 Å². The standard InChI is InChI=1S/C23H29F3N2O/c1-14-12-28(13-15(2)29-14)20-9-10-22(27-20)19-8-5-17(11-19)21(22)16-3-6-18(7-4-16)23(24,25)26/h3-4,6-7,14-15,17,19,21H,5,8-13H2,1-2H3. The number of rotatable bonds is 1. The van der Waals surface area contributed by atoms with Gasteiger partial charge < -0.3 is 9.64 Å². The summed E-state index contributed by atoms with van der Waals surface area (Å²) in [6.45, 7) is 5.96. The number of morpholine rings is 1. The minimum Gasteiger partial charge on any atom is -0.372 e. The van der Waals surface area contributed by atoms with E-state index in [4.69, 9.17) is 9.73 Å². The van der Waals surface area contributed by atoms with Gasteiger partial charge in [-0.1, -0.05) is 12.1 Å². The van der Waals surface area contributed by atoms with Gasteiger partial charge in [0.15, 0.2) is 0 Å². The molecule has 158 valence electrons. The molecule has 3 nitrogen and oxygen atoms in total. The first-order valence-corrected chi connectivity index (χ1v) is 10.9. The third-order valence-electron chi connectivity index (χ3n) is 7.66. The Morgan fingerprint density at radius 3 is 2.41 bits per heavy atom.